The van der Waals surface area contributed by atoms with Crippen LogP contribution in [0.1, 0.15) is 18.7 Å². The molecule has 16 heavy (non-hydrogen) atoms. The molecule has 0 aromatic carbocycles. The van der Waals surface area contributed by atoms with Gasteiger partial charge in [0.1, 0.15) is 5.82 Å². The van der Waals surface area contributed by atoms with Gasteiger partial charge in [0.2, 0.25) is 5.91 Å². The Morgan fingerprint density at radius 2 is 2.38 bits per heavy atom. The van der Waals surface area contributed by atoms with Crippen molar-refractivity contribution in [2.75, 3.05) is 20.6 Å². The third-order valence-corrected chi connectivity index (χ3v) is 2.54. The van der Waals surface area contributed by atoms with Gasteiger partial charge in [-0.2, -0.15) is 0 Å². The quantitative estimate of drug-likeness (QED) is 0.711. The van der Waals surface area contributed by atoms with E-state index in [1.807, 2.05) is 31.9 Å². The maximum atomic E-state index is 11.7. The minimum absolute atomic E-state index is 0.165. The number of nitrogens with zero attached hydrogens (tertiary/aromatic N) is 3. The Morgan fingerprint density at radius 1 is 1.62 bits per heavy atom. The Kier molecular flexibility index (Phi) is 4.98. The van der Waals surface area contributed by atoms with E-state index in [2.05, 4.69) is 10.3 Å². The second-order valence-electron chi connectivity index (χ2n) is 3.91. The number of rotatable bonds is 6. The first kappa shape index (κ1) is 12.7. The largest absolute Gasteiger partial charge is 0.338 e. The minimum atomic E-state index is 0.165. The Morgan fingerprint density at radius 3 is 2.94 bits per heavy atom. The summed E-state index contributed by atoms with van der Waals surface area (Å²) in [6, 6.07) is 0. The van der Waals surface area contributed by atoms with Gasteiger partial charge in [-0.25, -0.2) is 4.98 Å². The number of carbonyl (C=O) groups excluding carboxylic acids is 1. The Bertz CT molecular complexity index is 334. The van der Waals surface area contributed by atoms with Crippen LogP contribution in [0.25, 0.3) is 0 Å². The topological polar surface area (TPSA) is 50.2 Å². The van der Waals surface area contributed by atoms with Crippen molar-refractivity contribution < 1.29 is 4.79 Å². The van der Waals surface area contributed by atoms with E-state index in [0.29, 0.717) is 13.0 Å². The van der Waals surface area contributed by atoms with Crippen molar-refractivity contribution in [3.05, 3.63) is 18.2 Å². The molecule has 0 radical (unpaired) electrons. The number of nitrogens with one attached hydrogen (secondary N) is 1. The van der Waals surface area contributed by atoms with Gasteiger partial charge in [-0.3, -0.25) is 4.79 Å². The van der Waals surface area contributed by atoms with E-state index in [9.17, 15) is 4.79 Å². The molecular weight excluding hydrogens is 204 g/mol. The summed E-state index contributed by atoms with van der Waals surface area (Å²) in [5.74, 6) is 1.07. The van der Waals surface area contributed by atoms with Crippen LogP contribution in [0.4, 0.5) is 0 Å². The van der Waals surface area contributed by atoms with Crippen molar-refractivity contribution in [3.8, 4) is 0 Å². The van der Waals surface area contributed by atoms with Crippen LogP contribution < -0.4 is 5.32 Å². The number of carbonyl (C=O) groups is 1. The van der Waals surface area contributed by atoms with Gasteiger partial charge in [-0.15, -0.1) is 0 Å². The van der Waals surface area contributed by atoms with Crippen LogP contribution in [0.3, 0.4) is 0 Å². The average molecular weight is 224 g/mol. The lowest BCUT2D eigenvalue weighted by Crippen LogP contribution is -2.27. The summed E-state index contributed by atoms with van der Waals surface area (Å²) in [5, 5.41) is 3.03. The summed E-state index contributed by atoms with van der Waals surface area (Å²) in [5.41, 5.74) is 0. The van der Waals surface area contributed by atoms with Gasteiger partial charge in [0.25, 0.3) is 0 Å². The van der Waals surface area contributed by atoms with Crippen molar-refractivity contribution in [3.63, 3.8) is 0 Å². The second-order valence-corrected chi connectivity index (χ2v) is 3.91. The SMILES string of the molecule is CNCCCC(=O)N(C)Cc1nccn1C. The molecular formula is C11H20N4O. The van der Waals surface area contributed by atoms with Crippen LogP contribution in [0.5, 0.6) is 0 Å². The van der Waals surface area contributed by atoms with E-state index >= 15 is 0 Å². The van der Waals surface area contributed by atoms with E-state index in [-0.39, 0.29) is 5.91 Å². The fourth-order valence-electron chi connectivity index (χ4n) is 1.46. The number of imidazole rings is 1. The molecule has 0 unspecified atom stereocenters. The second kappa shape index (κ2) is 6.27. The van der Waals surface area contributed by atoms with Crippen LogP contribution in [0.15, 0.2) is 12.4 Å². The molecule has 0 saturated heterocycles. The maximum Gasteiger partial charge on any atom is 0.222 e. The lowest BCUT2D eigenvalue weighted by Gasteiger charge is -2.16. The van der Waals surface area contributed by atoms with Gasteiger partial charge < -0.3 is 14.8 Å². The molecule has 90 valence electrons. The number of hydrogen-bond acceptors (Lipinski definition) is 3. The summed E-state index contributed by atoms with van der Waals surface area (Å²) >= 11 is 0. The van der Waals surface area contributed by atoms with Gasteiger partial charge in [0, 0.05) is 32.9 Å². The van der Waals surface area contributed by atoms with Gasteiger partial charge in [-0.05, 0) is 20.0 Å². The maximum absolute atomic E-state index is 11.7. The fraction of sp³-hybridized carbons (Fsp3) is 0.636. The highest BCUT2D eigenvalue weighted by atomic mass is 16.2. The zero-order valence-electron chi connectivity index (χ0n) is 10.2. The molecule has 0 aliphatic heterocycles. The minimum Gasteiger partial charge on any atom is -0.338 e. The van der Waals surface area contributed by atoms with Crippen LogP contribution in [-0.4, -0.2) is 41.0 Å². The molecule has 1 heterocycles. The third-order valence-electron chi connectivity index (χ3n) is 2.54. The third kappa shape index (κ3) is 3.66. The van der Waals surface area contributed by atoms with E-state index < -0.39 is 0 Å². The Balaban J connectivity index is 2.37. The van der Waals surface area contributed by atoms with E-state index in [1.165, 1.54) is 0 Å². The highest BCUT2D eigenvalue weighted by Gasteiger charge is 2.10. The summed E-state index contributed by atoms with van der Waals surface area (Å²) in [7, 11) is 5.64. The molecule has 0 atom stereocenters. The number of hydrogen-bond donors (Lipinski definition) is 1. The smallest absolute Gasteiger partial charge is 0.222 e. The Hall–Kier alpha value is -1.36. The molecule has 1 N–H and O–H groups in total. The predicted molar refractivity (Wildman–Crippen MR) is 62.8 cm³/mol. The molecule has 1 aromatic heterocycles. The average Bonchev–Trinajstić information content (AvgIpc) is 2.64. The van der Waals surface area contributed by atoms with Crippen molar-refractivity contribution in [2.45, 2.75) is 19.4 Å². The molecule has 0 spiro atoms. The summed E-state index contributed by atoms with van der Waals surface area (Å²) in [6.45, 7) is 1.45. The zero-order valence-corrected chi connectivity index (χ0v) is 10.2. The zero-order chi connectivity index (χ0) is 12.0. The van der Waals surface area contributed by atoms with Gasteiger partial charge in [0.15, 0.2) is 0 Å². The standard InChI is InChI=1S/C11H20N4O/c1-12-6-4-5-11(16)15(3)9-10-13-7-8-14(10)2/h7-8,12H,4-6,9H2,1-3H3. The van der Waals surface area contributed by atoms with Crippen LogP contribution in [0, 0.1) is 0 Å². The van der Waals surface area contributed by atoms with Gasteiger partial charge >= 0.3 is 0 Å². The van der Waals surface area contributed by atoms with Gasteiger partial charge in [0.05, 0.1) is 6.54 Å². The molecule has 0 saturated carbocycles. The molecule has 1 rings (SSSR count). The molecule has 1 amide bonds. The van der Waals surface area contributed by atoms with Crippen molar-refractivity contribution >= 4 is 5.91 Å². The fourth-order valence-corrected chi connectivity index (χ4v) is 1.46. The normalized spacial score (nSPS) is 10.4. The first-order valence-electron chi connectivity index (χ1n) is 5.50. The summed E-state index contributed by atoms with van der Waals surface area (Å²) in [6.07, 6.45) is 5.09. The van der Waals surface area contributed by atoms with Gasteiger partial charge in [-0.1, -0.05) is 0 Å². The molecule has 5 nitrogen and oxygen atoms in total. The highest BCUT2D eigenvalue weighted by molar-refractivity contribution is 5.75. The number of amides is 1. The molecule has 0 bridgehead atoms. The first-order chi connectivity index (χ1) is 7.65. The lowest BCUT2D eigenvalue weighted by atomic mass is 10.3. The number of aryl methyl sites for hydroxylation is 1. The van der Waals surface area contributed by atoms with Crippen molar-refractivity contribution in [1.82, 2.24) is 19.8 Å². The first-order valence-corrected chi connectivity index (χ1v) is 5.50. The van der Waals surface area contributed by atoms with Crippen molar-refractivity contribution in [2.24, 2.45) is 7.05 Å². The molecule has 5 heteroatoms. The predicted octanol–water partition coefficient (Wildman–Crippen LogP) is 0.378. The van der Waals surface area contributed by atoms with Crippen LogP contribution in [0.2, 0.25) is 0 Å². The molecule has 0 aliphatic rings. The Labute approximate surface area is 96.5 Å². The van der Waals surface area contributed by atoms with E-state index in [1.54, 1.807) is 11.1 Å². The molecule has 1 aromatic rings. The molecule has 0 fully saturated rings. The number of aromatic nitrogens is 2. The van der Waals surface area contributed by atoms with E-state index in [4.69, 9.17) is 0 Å². The summed E-state index contributed by atoms with van der Waals surface area (Å²) < 4.78 is 1.93. The molecule has 0 aliphatic carbocycles. The highest BCUT2D eigenvalue weighted by Crippen LogP contribution is 2.02. The monoisotopic (exact) mass is 224 g/mol. The van der Waals surface area contributed by atoms with E-state index in [0.717, 1.165) is 18.8 Å². The van der Waals surface area contributed by atoms with Crippen LogP contribution in [-0.2, 0) is 18.4 Å². The van der Waals surface area contributed by atoms with Crippen LogP contribution >= 0.6 is 0 Å². The lowest BCUT2D eigenvalue weighted by molar-refractivity contribution is -0.130. The summed E-state index contributed by atoms with van der Waals surface area (Å²) in [4.78, 5) is 17.6. The van der Waals surface area contributed by atoms with Crippen molar-refractivity contribution in [1.29, 1.82) is 0 Å².